The molecule has 2 fully saturated rings. The van der Waals surface area contributed by atoms with E-state index in [0.717, 1.165) is 16.9 Å². The lowest BCUT2D eigenvalue weighted by atomic mass is 9.98. The van der Waals surface area contributed by atoms with E-state index < -0.39 is 0 Å². The van der Waals surface area contributed by atoms with E-state index in [9.17, 15) is 0 Å². The fraction of sp³-hybridized carbons (Fsp3) is 0.688. The third-order valence-corrected chi connectivity index (χ3v) is 5.14. The van der Waals surface area contributed by atoms with Crippen LogP contribution in [0.4, 0.5) is 5.82 Å². The van der Waals surface area contributed by atoms with Gasteiger partial charge < -0.3 is 15.1 Å². The Kier molecular flexibility index (Phi) is 4.99. The van der Waals surface area contributed by atoms with Gasteiger partial charge in [-0.25, -0.2) is 4.98 Å². The fourth-order valence-corrected chi connectivity index (χ4v) is 3.63. The summed E-state index contributed by atoms with van der Waals surface area (Å²) in [7, 11) is 2.23. The normalized spacial score (nSPS) is 23.3. The lowest BCUT2D eigenvalue weighted by Crippen LogP contribution is -2.48. The summed E-state index contributed by atoms with van der Waals surface area (Å²) in [4.78, 5) is 9.45. The lowest BCUT2D eigenvalue weighted by molar-refractivity contribution is 0.0993. The Hall–Kier alpha value is -0.840. The van der Waals surface area contributed by atoms with Crippen LogP contribution in [0.3, 0.4) is 0 Å². The number of pyridine rings is 1. The molecule has 1 aromatic rings. The molecular formula is C16H25ClN4. The van der Waals surface area contributed by atoms with Crippen molar-refractivity contribution in [1.82, 2.24) is 14.8 Å². The average molecular weight is 309 g/mol. The Labute approximate surface area is 132 Å². The van der Waals surface area contributed by atoms with Gasteiger partial charge in [0.05, 0.1) is 5.02 Å². The van der Waals surface area contributed by atoms with Crippen molar-refractivity contribution < 1.29 is 0 Å². The number of likely N-dealkylation sites (tertiary alicyclic amines) is 2. The first kappa shape index (κ1) is 15.1. The molecule has 2 aliphatic rings. The monoisotopic (exact) mass is 308 g/mol. The number of anilines is 1. The molecule has 0 unspecified atom stereocenters. The van der Waals surface area contributed by atoms with Gasteiger partial charge in [-0.1, -0.05) is 11.6 Å². The number of nitrogens with zero attached hydrogens (tertiary/aromatic N) is 3. The lowest BCUT2D eigenvalue weighted by Gasteiger charge is -2.41. The van der Waals surface area contributed by atoms with Crippen molar-refractivity contribution in [3.8, 4) is 0 Å². The number of piperidine rings is 2. The summed E-state index contributed by atoms with van der Waals surface area (Å²) in [6.07, 6.45) is 6.79. The SMILES string of the molecule is CN1CCC(N2CCC(Nc3ncccc3Cl)CC2)CC1. The zero-order valence-electron chi connectivity index (χ0n) is 12.8. The van der Waals surface area contributed by atoms with Gasteiger partial charge in [0.1, 0.15) is 5.82 Å². The van der Waals surface area contributed by atoms with Crippen molar-refractivity contribution in [2.24, 2.45) is 0 Å². The maximum Gasteiger partial charge on any atom is 0.144 e. The molecule has 2 saturated heterocycles. The predicted molar refractivity (Wildman–Crippen MR) is 88.0 cm³/mol. The maximum absolute atomic E-state index is 6.17. The van der Waals surface area contributed by atoms with Gasteiger partial charge in [-0.2, -0.15) is 0 Å². The van der Waals surface area contributed by atoms with Crippen molar-refractivity contribution in [1.29, 1.82) is 0 Å². The second kappa shape index (κ2) is 6.95. The molecule has 0 aliphatic carbocycles. The Balaban J connectivity index is 1.48. The molecule has 1 aromatic heterocycles. The molecule has 3 rings (SSSR count). The molecule has 1 N–H and O–H groups in total. The molecular weight excluding hydrogens is 284 g/mol. The molecule has 0 bridgehead atoms. The quantitative estimate of drug-likeness (QED) is 0.930. The third-order valence-electron chi connectivity index (χ3n) is 4.83. The van der Waals surface area contributed by atoms with Gasteiger partial charge in [-0.05, 0) is 58.0 Å². The highest BCUT2D eigenvalue weighted by Gasteiger charge is 2.27. The van der Waals surface area contributed by atoms with Crippen LogP contribution < -0.4 is 5.32 Å². The second-order valence-corrected chi connectivity index (χ2v) is 6.73. The van der Waals surface area contributed by atoms with E-state index in [0.29, 0.717) is 6.04 Å². The van der Waals surface area contributed by atoms with E-state index in [4.69, 9.17) is 11.6 Å². The second-order valence-electron chi connectivity index (χ2n) is 6.32. The average Bonchev–Trinajstić information content (AvgIpc) is 2.51. The number of halogens is 1. The number of hydrogen-bond acceptors (Lipinski definition) is 4. The van der Waals surface area contributed by atoms with Crippen LogP contribution in [0, 0.1) is 0 Å². The molecule has 0 amide bonds. The highest BCUT2D eigenvalue weighted by Crippen LogP contribution is 2.24. The van der Waals surface area contributed by atoms with Crippen LogP contribution in [-0.4, -0.2) is 60.1 Å². The highest BCUT2D eigenvalue weighted by atomic mass is 35.5. The topological polar surface area (TPSA) is 31.4 Å². The zero-order valence-corrected chi connectivity index (χ0v) is 13.5. The van der Waals surface area contributed by atoms with Gasteiger partial charge >= 0.3 is 0 Å². The third kappa shape index (κ3) is 3.87. The van der Waals surface area contributed by atoms with Gasteiger partial charge in [-0.3, -0.25) is 0 Å². The molecule has 0 spiro atoms. The van der Waals surface area contributed by atoms with Crippen molar-refractivity contribution in [2.45, 2.75) is 37.8 Å². The van der Waals surface area contributed by atoms with Crippen LogP contribution in [-0.2, 0) is 0 Å². The van der Waals surface area contributed by atoms with Gasteiger partial charge in [0.2, 0.25) is 0 Å². The molecule has 3 heterocycles. The zero-order chi connectivity index (χ0) is 14.7. The van der Waals surface area contributed by atoms with Crippen molar-refractivity contribution in [3.63, 3.8) is 0 Å². The minimum absolute atomic E-state index is 0.500. The standard InChI is InChI=1S/C16H25ClN4/c1-20-9-6-14(7-10-20)21-11-4-13(5-12-21)19-16-15(17)3-2-8-18-16/h2-3,8,13-14H,4-7,9-12H2,1H3,(H,18,19). The summed E-state index contributed by atoms with van der Waals surface area (Å²) in [5.41, 5.74) is 0. The minimum atomic E-state index is 0.500. The number of aromatic nitrogens is 1. The van der Waals surface area contributed by atoms with Crippen molar-refractivity contribution >= 4 is 17.4 Å². The van der Waals surface area contributed by atoms with E-state index in [2.05, 4.69) is 27.1 Å². The molecule has 0 atom stereocenters. The Morgan fingerprint density at radius 1 is 1.14 bits per heavy atom. The predicted octanol–water partition coefficient (Wildman–Crippen LogP) is 2.71. The first-order valence-electron chi connectivity index (χ1n) is 8.02. The minimum Gasteiger partial charge on any atom is -0.366 e. The summed E-state index contributed by atoms with van der Waals surface area (Å²) in [6, 6.07) is 5.06. The Morgan fingerprint density at radius 2 is 1.86 bits per heavy atom. The molecule has 116 valence electrons. The number of nitrogens with one attached hydrogen (secondary N) is 1. The Morgan fingerprint density at radius 3 is 2.52 bits per heavy atom. The van der Waals surface area contributed by atoms with Crippen LogP contribution in [0.2, 0.25) is 5.02 Å². The first-order chi connectivity index (χ1) is 10.2. The molecule has 0 radical (unpaired) electrons. The summed E-state index contributed by atoms with van der Waals surface area (Å²) < 4.78 is 0. The van der Waals surface area contributed by atoms with Gasteiger partial charge in [0, 0.05) is 31.4 Å². The van der Waals surface area contributed by atoms with E-state index in [1.54, 1.807) is 6.20 Å². The van der Waals surface area contributed by atoms with Crippen LogP contribution in [0.25, 0.3) is 0 Å². The van der Waals surface area contributed by atoms with Crippen molar-refractivity contribution in [2.75, 3.05) is 38.5 Å². The Bertz CT molecular complexity index is 451. The van der Waals surface area contributed by atoms with E-state index in [-0.39, 0.29) is 0 Å². The van der Waals surface area contributed by atoms with E-state index in [1.165, 1.54) is 51.9 Å². The van der Waals surface area contributed by atoms with Crippen LogP contribution in [0.15, 0.2) is 18.3 Å². The molecule has 21 heavy (non-hydrogen) atoms. The highest BCUT2D eigenvalue weighted by molar-refractivity contribution is 6.32. The molecule has 5 heteroatoms. The van der Waals surface area contributed by atoms with Crippen LogP contribution >= 0.6 is 11.6 Å². The molecule has 0 saturated carbocycles. The van der Waals surface area contributed by atoms with Crippen molar-refractivity contribution in [3.05, 3.63) is 23.4 Å². The number of rotatable bonds is 3. The molecule has 2 aliphatic heterocycles. The van der Waals surface area contributed by atoms with Gasteiger partial charge in [-0.15, -0.1) is 0 Å². The summed E-state index contributed by atoms with van der Waals surface area (Å²) in [5, 5.41) is 4.22. The molecule has 4 nitrogen and oxygen atoms in total. The summed E-state index contributed by atoms with van der Waals surface area (Å²) in [5.74, 6) is 0.830. The fourth-order valence-electron chi connectivity index (χ4n) is 3.45. The maximum atomic E-state index is 6.17. The largest absolute Gasteiger partial charge is 0.366 e. The van der Waals surface area contributed by atoms with Crippen LogP contribution in [0.5, 0.6) is 0 Å². The molecule has 0 aromatic carbocycles. The van der Waals surface area contributed by atoms with Crippen LogP contribution in [0.1, 0.15) is 25.7 Å². The van der Waals surface area contributed by atoms with Gasteiger partial charge in [0.15, 0.2) is 0 Å². The van der Waals surface area contributed by atoms with E-state index in [1.807, 2.05) is 12.1 Å². The summed E-state index contributed by atoms with van der Waals surface area (Å²) in [6.45, 7) is 4.87. The summed E-state index contributed by atoms with van der Waals surface area (Å²) >= 11 is 6.17. The first-order valence-corrected chi connectivity index (χ1v) is 8.40. The smallest absolute Gasteiger partial charge is 0.144 e. The van der Waals surface area contributed by atoms with Gasteiger partial charge in [0.25, 0.3) is 0 Å². The van der Waals surface area contributed by atoms with E-state index >= 15 is 0 Å². The number of hydrogen-bond donors (Lipinski definition) is 1.